The summed E-state index contributed by atoms with van der Waals surface area (Å²) >= 11 is 0. The first kappa shape index (κ1) is 9.52. The molecule has 0 amide bonds. The molecule has 0 aliphatic carbocycles. The summed E-state index contributed by atoms with van der Waals surface area (Å²) in [6.07, 6.45) is 1.55. The zero-order chi connectivity index (χ0) is 10.7. The van der Waals surface area contributed by atoms with E-state index < -0.39 is 0 Å². The number of rotatable bonds is 2. The maximum absolute atomic E-state index is 12.6. The normalized spacial score (nSPS) is 9.93. The van der Waals surface area contributed by atoms with Crippen LogP contribution >= 0.6 is 0 Å². The molecule has 74 valence electrons. The summed E-state index contributed by atoms with van der Waals surface area (Å²) in [4.78, 5) is 15.7. The Morgan fingerprint density at radius 2 is 1.80 bits per heavy atom. The lowest BCUT2D eigenvalue weighted by Gasteiger charge is -1.99. The first-order valence-electron chi connectivity index (χ1n) is 4.48. The molecule has 0 N–H and O–H groups in total. The molecule has 0 atom stereocenters. The van der Waals surface area contributed by atoms with Crippen LogP contribution in [0.15, 0.2) is 48.7 Å². The highest BCUT2D eigenvalue weighted by molar-refractivity contribution is 6.07. The third-order valence-electron chi connectivity index (χ3n) is 2.00. The Bertz CT molecular complexity index is 465. The largest absolute Gasteiger partial charge is 0.287 e. The van der Waals surface area contributed by atoms with Crippen molar-refractivity contribution in [2.24, 2.45) is 0 Å². The number of ketones is 1. The van der Waals surface area contributed by atoms with Crippen LogP contribution < -0.4 is 0 Å². The van der Waals surface area contributed by atoms with Crippen LogP contribution in [-0.2, 0) is 0 Å². The Kier molecular flexibility index (Phi) is 2.54. The van der Waals surface area contributed by atoms with Crippen LogP contribution in [0.1, 0.15) is 16.1 Å². The predicted octanol–water partition coefficient (Wildman–Crippen LogP) is 2.45. The second-order valence-corrected chi connectivity index (χ2v) is 3.05. The molecule has 1 aromatic carbocycles. The summed E-state index contributed by atoms with van der Waals surface area (Å²) in [5.74, 6) is -0.553. The molecule has 2 rings (SSSR count). The Balaban J connectivity index is 2.33. The van der Waals surface area contributed by atoms with E-state index >= 15 is 0 Å². The second kappa shape index (κ2) is 4.00. The van der Waals surface area contributed by atoms with Crippen LogP contribution in [-0.4, -0.2) is 10.8 Å². The molecule has 0 unspecified atom stereocenters. The van der Waals surface area contributed by atoms with Crippen LogP contribution in [0.3, 0.4) is 0 Å². The van der Waals surface area contributed by atoms with Crippen molar-refractivity contribution in [1.29, 1.82) is 0 Å². The number of nitrogens with zero attached hydrogens (tertiary/aromatic N) is 1. The molecule has 0 bridgehead atoms. The monoisotopic (exact) mass is 201 g/mol. The Labute approximate surface area is 86.4 Å². The highest BCUT2D eigenvalue weighted by Crippen LogP contribution is 2.08. The molecule has 0 radical (unpaired) electrons. The SMILES string of the molecule is O=C(c1ccc(F)cc1)c1ccccn1. The van der Waals surface area contributed by atoms with Crippen molar-refractivity contribution in [3.63, 3.8) is 0 Å². The van der Waals surface area contributed by atoms with E-state index in [1.54, 1.807) is 24.4 Å². The van der Waals surface area contributed by atoms with E-state index in [1.807, 2.05) is 0 Å². The molecule has 2 nitrogen and oxygen atoms in total. The third kappa shape index (κ3) is 2.07. The van der Waals surface area contributed by atoms with Crippen LogP contribution in [0, 0.1) is 5.82 Å². The summed E-state index contributed by atoms with van der Waals surface area (Å²) in [6.45, 7) is 0. The molecule has 1 heterocycles. The van der Waals surface area contributed by atoms with Gasteiger partial charge in [-0.25, -0.2) is 4.39 Å². The van der Waals surface area contributed by atoms with Gasteiger partial charge in [0.05, 0.1) is 0 Å². The molecule has 0 saturated carbocycles. The topological polar surface area (TPSA) is 30.0 Å². The van der Waals surface area contributed by atoms with E-state index in [4.69, 9.17) is 0 Å². The van der Waals surface area contributed by atoms with E-state index in [9.17, 15) is 9.18 Å². The number of halogens is 1. The zero-order valence-electron chi connectivity index (χ0n) is 7.85. The molecule has 0 aliphatic heterocycles. The number of carbonyl (C=O) groups is 1. The highest BCUT2D eigenvalue weighted by Gasteiger charge is 2.08. The van der Waals surface area contributed by atoms with Gasteiger partial charge in [-0.3, -0.25) is 9.78 Å². The van der Waals surface area contributed by atoms with Crippen LogP contribution in [0.2, 0.25) is 0 Å². The van der Waals surface area contributed by atoms with Gasteiger partial charge in [-0.2, -0.15) is 0 Å². The molecule has 15 heavy (non-hydrogen) atoms. The van der Waals surface area contributed by atoms with Crippen molar-refractivity contribution < 1.29 is 9.18 Å². The second-order valence-electron chi connectivity index (χ2n) is 3.05. The van der Waals surface area contributed by atoms with Crippen molar-refractivity contribution in [3.05, 3.63) is 65.7 Å². The Morgan fingerprint density at radius 3 is 2.40 bits per heavy atom. The van der Waals surface area contributed by atoms with Gasteiger partial charge in [0.25, 0.3) is 0 Å². The standard InChI is InChI=1S/C12H8FNO/c13-10-6-4-9(5-7-10)12(15)11-3-1-2-8-14-11/h1-8H. The van der Waals surface area contributed by atoms with Crippen molar-refractivity contribution in [2.45, 2.75) is 0 Å². The minimum absolute atomic E-state index is 0.199. The van der Waals surface area contributed by atoms with Gasteiger partial charge in [0.2, 0.25) is 5.78 Å². The van der Waals surface area contributed by atoms with Crippen molar-refractivity contribution in [2.75, 3.05) is 0 Å². The maximum Gasteiger partial charge on any atom is 0.211 e. The molecule has 0 saturated heterocycles. The van der Waals surface area contributed by atoms with Gasteiger partial charge in [-0.05, 0) is 36.4 Å². The lowest BCUT2D eigenvalue weighted by atomic mass is 10.1. The van der Waals surface area contributed by atoms with Gasteiger partial charge < -0.3 is 0 Å². The number of pyridine rings is 1. The highest BCUT2D eigenvalue weighted by atomic mass is 19.1. The molecule has 1 aromatic heterocycles. The summed E-state index contributed by atoms with van der Waals surface area (Å²) in [7, 11) is 0. The van der Waals surface area contributed by atoms with Crippen molar-refractivity contribution in [3.8, 4) is 0 Å². The number of benzene rings is 1. The average Bonchev–Trinajstić information content (AvgIpc) is 2.30. The number of aromatic nitrogens is 1. The van der Waals surface area contributed by atoms with E-state index in [0.717, 1.165) is 0 Å². The van der Waals surface area contributed by atoms with Crippen LogP contribution in [0.5, 0.6) is 0 Å². The lowest BCUT2D eigenvalue weighted by Crippen LogP contribution is -2.03. The van der Waals surface area contributed by atoms with Gasteiger partial charge in [0, 0.05) is 11.8 Å². The van der Waals surface area contributed by atoms with Gasteiger partial charge in [-0.15, -0.1) is 0 Å². The summed E-state index contributed by atoms with van der Waals surface area (Å²) in [5.41, 5.74) is 0.805. The summed E-state index contributed by atoms with van der Waals surface area (Å²) in [5, 5.41) is 0. The quantitative estimate of drug-likeness (QED) is 0.698. The number of hydrogen-bond donors (Lipinski definition) is 0. The van der Waals surface area contributed by atoms with Crippen LogP contribution in [0.4, 0.5) is 4.39 Å². The first-order valence-corrected chi connectivity index (χ1v) is 4.48. The lowest BCUT2D eigenvalue weighted by molar-refractivity contribution is 0.103. The molecular formula is C12H8FNO. The predicted molar refractivity (Wildman–Crippen MR) is 54.1 cm³/mol. The fourth-order valence-corrected chi connectivity index (χ4v) is 1.25. The molecular weight excluding hydrogens is 193 g/mol. The number of hydrogen-bond acceptors (Lipinski definition) is 2. The molecule has 2 aromatic rings. The van der Waals surface area contributed by atoms with Crippen molar-refractivity contribution in [1.82, 2.24) is 4.98 Å². The number of carbonyl (C=O) groups excluding carboxylic acids is 1. The third-order valence-corrected chi connectivity index (χ3v) is 2.00. The van der Waals surface area contributed by atoms with Gasteiger partial charge in [0.15, 0.2) is 0 Å². The minimum Gasteiger partial charge on any atom is -0.287 e. The molecule has 0 spiro atoms. The average molecular weight is 201 g/mol. The van der Waals surface area contributed by atoms with Gasteiger partial charge in [0.1, 0.15) is 11.5 Å². The summed E-state index contributed by atoms with van der Waals surface area (Å²) < 4.78 is 12.6. The maximum atomic E-state index is 12.6. The van der Waals surface area contributed by atoms with E-state index in [2.05, 4.69) is 4.98 Å². The first-order chi connectivity index (χ1) is 7.27. The molecule has 0 fully saturated rings. The Hall–Kier alpha value is -2.03. The molecule has 0 aliphatic rings. The van der Waals surface area contributed by atoms with E-state index in [0.29, 0.717) is 11.3 Å². The Morgan fingerprint density at radius 1 is 1.07 bits per heavy atom. The van der Waals surface area contributed by atoms with Gasteiger partial charge >= 0.3 is 0 Å². The van der Waals surface area contributed by atoms with Crippen molar-refractivity contribution >= 4 is 5.78 Å². The molecule has 3 heteroatoms. The van der Waals surface area contributed by atoms with E-state index in [1.165, 1.54) is 24.3 Å². The zero-order valence-corrected chi connectivity index (χ0v) is 7.85. The minimum atomic E-state index is -0.354. The smallest absolute Gasteiger partial charge is 0.211 e. The van der Waals surface area contributed by atoms with Gasteiger partial charge in [-0.1, -0.05) is 6.07 Å². The van der Waals surface area contributed by atoms with Crippen LogP contribution in [0.25, 0.3) is 0 Å². The fraction of sp³-hybridized carbons (Fsp3) is 0. The fourth-order valence-electron chi connectivity index (χ4n) is 1.25. The van der Waals surface area contributed by atoms with E-state index in [-0.39, 0.29) is 11.6 Å². The summed E-state index contributed by atoms with van der Waals surface area (Å²) in [6, 6.07) is 10.5.